The van der Waals surface area contributed by atoms with E-state index >= 15 is 0 Å². The second-order valence-electron chi connectivity index (χ2n) is 9.25. The van der Waals surface area contributed by atoms with E-state index in [2.05, 4.69) is 9.97 Å². The van der Waals surface area contributed by atoms with Crippen LogP contribution in [0.15, 0.2) is 60.8 Å². The van der Waals surface area contributed by atoms with Crippen LogP contribution in [0.3, 0.4) is 0 Å². The summed E-state index contributed by atoms with van der Waals surface area (Å²) < 4.78 is 51.8. The number of imidazole rings is 1. The third-order valence-electron chi connectivity index (χ3n) is 6.52. The van der Waals surface area contributed by atoms with Crippen molar-refractivity contribution in [2.75, 3.05) is 13.7 Å². The lowest BCUT2D eigenvalue weighted by Gasteiger charge is -2.25. The van der Waals surface area contributed by atoms with Crippen LogP contribution in [0.1, 0.15) is 36.9 Å². The summed E-state index contributed by atoms with van der Waals surface area (Å²) in [6.45, 7) is 2.41. The van der Waals surface area contributed by atoms with E-state index in [9.17, 15) is 22.8 Å². The summed E-state index contributed by atoms with van der Waals surface area (Å²) >= 11 is 0. The maximum Gasteiger partial charge on any atom is 0.493 e. The lowest BCUT2D eigenvalue weighted by Crippen LogP contribution is -2.33. The highest BCUT2D eigenvalue weighted by Gasteiger charge is 2.43. The topological polar surface area (TPSA) is 95.8 Å². The second-order valence-corrected chi connectivity index (χ2v) is 9.25. The summed E-state index contributed by atoms with van der Waals surface area (Å²) in [6.07, 6.45) is -2.45. The van der Waals surface area contributed by atoms with E-state index < -0.39 is 18.2 Å². The van der Waals surface area contributed by atoms with Gasteiger partial charge in [0.2, 0.25) is 5.91 Å². The summed E-state index contributed by atoms with van der Waals surface area (Å²) in [7, 11) is 1.60. The van der Waals surface area contributed by atoms with Crippen molar-refractivity contribution in [3.05, 3.63) is 71.9 Å². The molecule has 12 heteroatoms. The van der Waals surface area contributed by atoms with Gasteiger partial charge in [0, 0.05) is 38.4 Å². The van der Waals surface area contributed by atoms with Gasteiger partial charge in [0.25, 0.3) is 0 Å². The molecule has 1 fully saturated rings. The van der Waals surface area contributed by atoms with Crippen LogP contribution in [0.2, 0.25) is 0 Å². The fraction of sp³-hybridized carbons (Fsp3) is 0.286. The minimum atomic E-state index is -5.24. The Morgan fingerprint density at radius 3 is 2.52 bits per heavy atom. The first kappa shape index (κ1) is 27.1. The van der Waals surface area contributed by atoms with Crippen molar-refractivity contribution in [1.82, 2.24) is 19.6 Å². The summed E-state index contributed by atoms with van der Waals surface area (Å²) in [5, 5.41) is 0. The number of ether oxygens (including phenoxy) is 2. The first-order chi connectivity index (χ1) is 19.2. The number of nitrogens with zero attached hydrogens (tertiary/aromatic N) is 4. The third-order valence-corrected chi connectivity index (χ3v) is 6.52. The van der Waals surface area contributed by atoms with E-state index in [0.29, 0.717) is 36.6 Å². The van der Waals surface area contributed by atoms with Crippen LogP contribution in [0, 0.1) is 0 Å². The number of halogens is 3. The van der Waals surface area contributed by atoms with Gasteiger partial charge in [-0.05, 0) is 48.7 Å². The molecule has 0 bridgehead atoms. The van der Waals surface area contributed by atoms with E-state index in [0.717, 1.165) is 16.7 Å². The largest absolute Gasteiger partial charge is 0.493 e. The summed E-state index contributed by atoms with van der Waals surface area (Å²) in [5.74, 6) is -1.79. The van der Waals surface area contributed by atoms with Gasteiger partial charge >= 0.3 is 12.1 Å². The van der Waals surface area contributed by atoms with Crippen molar-refractivity contribution in [1.29, 1.82) is 0 Å². The highest BCUT2D eigenvalue weighted by atomic mass is 19.4. The number of rotatable bonds is 7. The van der Waals surface area contributed by atoms with Gasteiger partial charge in [-0.3, -0.25) is 9.78 Å². The van der Waals surface area contributed by atoms with Crippen LogP contribution in [-0.2, 0) is 20.9 Å². The molecule has 208 valence electrons. The number of hydrogen-bond acceptors (Lipinski definition) is 7. The number of fused-ring (bicyclic) bond motifs is 1. The molecule has 0 saturated carbocycles. The summed E-state index contributed by atoms with van der Waals surface area (Å²) in [5.41, 5.74) is 1.97. The van der Waals surface area contributed by atoms with Gasteiger partial charge in [0.15, 0.2) is 5.82 Å². The number of benzene rings is 2. The molecule has 1 aliphatic rings. The van der Waals surface area contributed by atoms with Crippen LogP contribution in [0.5, 0.6) is 11.5 Å². The lowest BCUT2D eigenvalue weighted by molar-refractivity contribution is -0.199. The molecule has 1 saturated heterocycles. The zero-order chi connectivity index (χ0) is 28.4. The van der Waals surface area contributed by atoms with Crippen molar-refractivity contribution in [3.63, 3.8) is 0 Å². The van der Waals surface area contributed by atoms with Crippen LogP contribution >= 0.6 is 0 Å². The zero-order valence-electron chi connectivity index (χ0n) is 21.6. The molecule has 1 atom stereocenters. The molecule has 0 aliphatic carbocycles. The van der Waals surface area contributed by atoms with E-state index in [1.54, 1.807) is 48.4 Å². The Morgan fingerprint density at radius 1 is 1.10 bits per heavy atom. The molecule has 4 aromatic rings. The van der Waals surface area contributed by atoms with E-state index in [1.165, 1.54) is 19.2 Å². The Kier molecular flexibility index (Phi) is 7.44. The standard InChI is InChI=1S/C28H25F3N4O5/c1-17(36)34-13-5-7-23(34)20-14-24-22(15-25(20)39-19-10-8-18(9-11-19)16-38-2)33-26(21-6-3-4-12-32-21)35(24)40-27(37)28(29,30)31/h3-4,6,8-12,14-15,23H,5,7,13,16H2,1-2H3. The van der Waals surface area contributed by atoms with Gasteiger partial charge in [-0.1, -0.05) is 18.2 Å². The van der Waals surface area contributed by atoms with Crippen LogP contribution in [0.4, 0.5) is 13.2 Å². The number of amides is 1. The normalized spacial score (nSPS) is 15.4. The van der Waals surface area contributed by atoms with Crippen LogP contribution in [-0.4, -0.2) is 51.3 Å². The van der Waals surface area contributed by atoms with Crippen molar-refractivity contribution in [2.45, 2.75) is 38.6 Å². The number of hydrogen-bond donors (Lipinski definition) is 0. The van der Waals surface area contributed by atoms with E-state index in [1.807, 2.05) is 12.1 Å². The molecule has 2 aromatic carbocycles. The van der Waals surface area contributed by atoms with Crippen LogP contribution in [0.25, 0.3) is 22.6 Å². The number of alkyl halides is 3. The van der Waals surface area contributed by atoms with Crippen LogP contribution < -0.4 is 9.57 Å². The number of carbonyl (C=O) groups is 2. The molecule has 3 heterocycles. The number of carbonyl (C=O) groups excluding carboxylic acids is 2. The number of pyridine rings is 1. The molecular weight excluding hydrogens is 529 g/mol. The van der Waals surface area contributed by atoms with Gasteiger partial charge < -0.3 is 19.2 Å². The first-order valence-corrected chi connectivity index (χ1v) is 12.5. The maximum atomic E-state index is 13.2. The fourth-order valence-corrected chi connectivity index (χ4v) is 4.75. The molecule has 0 spiro atoms. The van der Waals surface area contributed by atoms with Gasteiger partial charge in [-0.2, -0.15) is 17.9 Å². The minimum absolute atomic E-state index is 0.0893. The van der Waals surface area contributed by atoms with Crippen molar-refractivity contribution in [3.8, 4) is 23.0 Å². The van der Waals surface area contributed by atoms with Gasteiger partial charge in [-0.25, -0.2) is 9.78 Å². The Balaban J connectivity index is 1.68. The molecule has 1 aliphatic heterocycles. The molecule has 40 heavy (non-hydrogen) atoms. The SMILES string of the molecule is COCc1ccc(Oc2cc3nc(-c4ccccn4)n(OC(=O)C(F)(F)F)c3cc2C2CCCN2C(C)=O)cc1. The predicted molar refractivity (Wildman–Crippen MR) is 137 cm³/mol. The summed E-state index contributed by atoms with van der Waals surface area (Å²) in [4.78, 5) is 39.5. The first-order valence-electron chi connectivity index (χ1n) is 12.5. The van der Waals surface area contributed by atoms with E-state index in [-0.39, 0.29) is 28.5 Å². The average Bonchev–Trinajstić information content (AvgIpc) is 3.55. The number of likely N-dealkylation sites (tertiary alicyclic amines) is 1. The Bertz CT molecular complexity index is 1540. The molecule has 1 unspecified atom stereocenters. The zero-order valence-corrected chi connectivity index (χ0v) is 21.6. The van der Waals surface area contributed by atoms with Gasteiger partial charge in [0.1, 0.15) is 22.7 Å². The second kappa shape index (κ2) is 11.0. The van der Waals surface area contributed by atoms with Crippen molar-refractivity contribution < 1.29 is 37.1 Å². The Morgan fingerprint density at radius 2 is 1.88 bits per heavy atom. The Labute approximate surface area is 227 Å². The maximum absolute atomic E-state index is 13.2. The third kappa shape index (κ3) is 5.48. The lowest BCUT2D eigenvalue weighted by atomic mass is 10.0. The molecule has 0 N–H and O–H groups in total. The molecule has 0 radical (unpaired) electrons. The fourth-order valence-electron chi connectivity index (χ4n) is 4.75. The molecule has 9 nitrogen and oxygen atoms in total. The average molecular weight is 555 g/mol. The Hall–Kier alpha value is -4.45. The highest BCUT2D eigenvalue weighted by molar-refractivity contribution is 5.85. The molecule has 5 rings (SSSR count). The number of methoxy groups -OCH3 is 1. The molecule has 2 aromatic heterocycles. The summed E-state index contributed by atoms with van der Waals surface area (Å²) in [6, 6.07) is 14.7. The van der Waals surface area contributed by atoms with Gasteiger partial charge in [-0.15, -0.1) is 0 Å². The quantitative estimate of drug-likeness (QED) is 0.308. The number of aromatic nitrogens is 3. The smallest absolute Gasteiger partial charge is 0.457 e. The van der Waals surface area contributed by atoms with E-state index in [4.69, 9.17) is 14.3 Å². The molecular formula is C28H25F3N4O5. The van der Waals surface area contributed by atoms with Crippen molar-refractivity contribution in [2.24, 2.45) is 0 Å². The van der Waals surface area contributed by atoms with Gasteiger partial charge in [0.05, 0.1) is 18.2 Å². The van der Waals surface area contributed by atoms with Crippen molar-refractivity contribution >= 4 is 22.9 Å². The monoisotopic (exact) mass is 554 g/mol. The predicted octanol–water partition coefficient (Wildman–Crippen LogP) is 5.24. The molecule has 1 amide bonds. The minimum Gasteiger partial charge on any atom is -0.457 e. The highest BCUT2D eigenvalue weighted by Crippen LogP contribution is 2.41.